The number of carbonyl (C=O) groups is 1. The predicted octanol–water partition coefficient (Wildman–Crippen LogP) is 5.74. The first kappa shape index (κ1) is 23.7. The molecule has 2 aromatic carbocycles. The lowest BCUT2D eigenvalue weighted by Gasteiger charge is -2.24. The highest BCUT2D eigenvalue weighted by atomic mass is 35.5. The first-order valence-corrected chi connectivity index (χ1v) is 11.6. The number of amides is 1. The van der Waals surface area contributed by atoms with Gasteiger partial charge in [0.05, 0.1) is 10.2 Å². The second-order valence-corrected chi connectivity index (χ2v) is 8.57. The Kier molecular flexibility index (Phi) is 8.96. The van der Waals surface area contributed by atoms with Gasteiger partial charge in [0.15, 0.2) is 5.13 Å². The number of hydrogen-bond donors (Lipinski definition) is 0. The van der Waals surface area contributed by atoms with Gasteiger partial charge in [0.1, 0.15) is 0 Å². The Morgan fingerprint density at radius 1 is 1.07 bits per heavy atom. The number of halogens is 1. The molecule has 3 rings (SSSR count). The van der Waals surface area contributed by atoms with Crippen molar-refractivity contribution < 1.29 is 4.79 Å². The summed E-state index contributed by atoms with van der Waals surface area (Å²) in [5.74, 6) is 0.00980. The summed E-state index contributed by atoms with van der Waals surface area (Å²) in [6.45, 7) is 9.78. The molecule has 0 aliphatic heterocycles. The molecule has 1 aromatic heterocycles. The number of fused-ring (bicyclic) bond motifs is 1. The number of likely N-dealkylation sites (N-methyl/N-ethyl adjacent to an activating group) is 1. The summed E-state index contributed by atoms with van der Waals surface area (Å²) in [5, 5.41) is 0.770. The van der Waals surface area contributed by atoms with E-state index in [-0.39, 0.29) is 18.3 Å². The Morgan fingerprint density at radius 3 is 2.38 bits per heavy atom. The van der Waals surface area contributed by atoms with E-state index in [2.05, 4.69) is 37.8 Å². The molecule has 1 amide bonds. The molecule has 0 radical (unpaired) electrons. The number of nitrogens with zero attached hydrogens (tertiary/aromatic N) is 3. The number of aromatic nitrogens is 1. The minimum absolute atomic E-state index is 0. The van der Waals surface area contributed by atoms with Gasteiger partial charge in [0.2, 0.25) is 0 Å². The van der Waals surface area contributed by atoms with Gasteiger partial charge in [-0.3, -0.25) is 9.69 Å². The van der Waals surface area contributed by atoms with Crippen molar-refractivity contribution in [2.45, 2.75) is 25.7 Å². The van der Waals surface area contributed by atoms with E-state index in [0.29, 0.717) is 12.1 Å². The number of hydrogen-bond acceptors (Lipinski definition) is 5. The Labute approximate surface area is 187 Å². The number of thioether (sulfide) groups is 1. The van der Waals surface area contributed by atoms with E-state index in [0.717, 1.165) is 39.9 Å². The summed E-state index contributed by atoms with van der Waals surface area (Å²) in [7, 11) is 0. The molecular weight excluding hydrogens is 422 g/mol. The summed E-state index contributed by atoms with van der Waals surface area (Å²) >= 11 is 3.26. The highest BCUT2D eigenvalue weighted by molar-refractivity contribution is 7.98. The molecule has 1 heterocycles. The summed E-state index contributed by atoms with van der Waals surface area (Å²) in [6, 6.07) is 14.1. The van der Waals surface area contributed by atoms with Crippen LogP contribution in [-0.4, -0.2) is 48.2 Å². The van der Waals surface area contributed by atoms with Crippen molar-refractivity contribution in [3.05, 3.63) is 53.6 Å². The largest absolute Gasteiger partial charge is 0.302 e. The Bertz CT molecular complexity index is 939. The summed E-state index contributed by atoms with van der Waals surface area (Å²) in [4.78, 5) is 23.4. The maximum absolute atomic E-state index is 13.3. The van der Waals surface area contributed by atoms with E-state index in [1.165, 1.54) is 5.56 Å². The van der Waals surface area contributed by atoms with Crippen LogP contribution < -0.4 is 4.90 Å². The van der Waals surface area contributed by atoms with Crippen LogP contribution in [0.5, 0.6) is 0 Å². The van der Waals surface area contributed by atoms with Crippen LogP contribution >= 0.6 is 35.5 Å². The van der Waals surface area contributed by atoms with Crippen LogP contribution in [0, 0.1) is 6.92 Å². The van der Waals surface area contributed by atoms with Crippen LogP contribution in [0.4, 0.5) is 5.13 Å². The lowest BCUT2D eigenvalue weighted by Crippen LogP contribution is -2.38. The molecule has 0 bridgehead atoms. The Hall–Kier alpha value is -1.60. The second kappa shape index (κ2) is 11.0. The molecule has 7 heteroatoms. The van der Waals surface area contributed by atoms with Gasteiger partial charge in [0.25, 0.3) is 5.91 Å². The van der Waals surface area contributed by atoms with E-state index in [1.807, 2.05) is 41.5 Å². The fourth-order valence-electron chi connectivity index (χ4n) is 3.09. The molecule has 0 aliphatic carbocycles. The lowest BCUT2D eigenvalue weighted by molar-refractivity contribution is 0.0983. The van der Waals surface area contributed by atoms with Crippen LogP contribution in [0.3, 0.4) is 0 Å². The molecule has 0 fully saturated rings. The van der Waals surface area contributed by atoms with Crippen molar-refractivity contribution >= 4 is 56.8 Å². The van der Waals surface area contributed by atoms with Gasteiger partial charge in [-0.25, -0.2) is 4.98 Å². The number of rotatable bonds is 8. The van der Waals surface area contributed by atoms with Gasteiger partial charge in [-0.1, -0.05) is 31.3 Å². The lowest BCUT2D eigenvalue weighted by atomic mass is 10.2. The van der Waals surface area contributed by atoms with Gasteiger partial charge < -0.3 is 4.90 Å². The van der Waals surface area contributed by atoms with Crippen LogP contribution in [-0.2, 0) is 0 Å². The van der Waals surface area contributed by atoms with E-state index >= 15 is 0 Å². The number of aryl methyl sites for hydroxylation is 1. The van der Waals surface area contributed by atoms with Crippen LogP contribution in [0.15, 0.2) is 47.4 Å². The van der Waals surface area contributed by atoms with Gasteiger partial charge in [-0.05, 0) is 68.2 Å². The fourth-order valence-corrected chi connectivity index (χ4v) is 4.59. The third-order valence-corrected chi connectivity index (χ3v) is 6.66. The summed E-state index contributed by atoms with van der Waals surface area (Å²) in [5.41, 5.74) is 2.85. The first-order valence-electron chi connectivity index (χ1n) is 9.61. The highest BCUT2D eigenvalue weighted by Gasteiger charge is 2.22. The summed E-state index contributed by atoms with van der Waals surface area (Å²) < 4.78 is 1.12. The number of anilines is 1. The minimum atomic E-state index is 0. The monoisotopic (exact) mass is 449 g/mol. The number of thiazole rings is 1. The molecule has 0 aliphatic rings. The Balaban J connectivity index is 0.00000300. The zero-order chi connectivity index (χ0) is 20.1. The second-order valence-electron chi connectivity index (χ2n) is 6.68. The molecular formula is C22H28ClN3OS2. The Morgan fingerprint density at radius 2 is 1.76 bits per heavy atom. The molecule has 0 N–H and O–H groups in total. The van der Waals surface area contributed by atoms with Crippen LogP contribution in [0.25, 0.3) is 10.2 Å². The van der Waals surface area contributed by atoms with Gasteiger partial charge in [-0.15, -0.1) is 24.2 Å². The minimum Gasteiger partial charge on any atom is -0.302 e. The molecule has 0 unspecified atom stereocenters. The quantitative estimate of drug-likeness (QED) is 0.411. The van der Waals surface area contributed by atoms with Crippen molar-refractivity contribution in [3.8, 4) is 0 Å². The van der Waals surface area contributed by atoms with Gasteiger partial charge in [-0.2, -0.15) is 0 Å². The fraction of sp³-hybridized carbons (Fsp3) is 0.364. The maximum atomic E-state index is 13.3. The van der Waals surface area contributed by atoms with Crippen molar-refractivity contribution in [2.24, 2.45) is 0 Å². The van der Waals surface area contributed by atoms with Crippen molar-refractivity contribution in [3.63, 3.8) is 0 Å². The van der Waals surface area contributed by atoms with Gasteiger partial charge in [0, 0.05) is 23.5 Å². The van der Waals surface area contributed by atoms with E-state index in [1.54, 1.807) is 23.1 Å². The predicted molar refractivity (Wildman–Crippen MR) is 129 cm³/mol. The average Bonchev–Trinajstić information content (AvgIpc) is 3.13. The number of carbonyl (C=O) groups excluding carboxylic acids is 1. The highest BCUT2D eigenvalue weighted by Crippen LogP contribution is 2.30. The molecule has 0 saturated carbocycles. The molecule has 0 atom stereocenters. The number of benzene rings is 2. The van der Waals surface area contributed by atoms with E-state index in [9.17, 15) is 4.79 Å². The van der Waals surface area contributed by atoms with Crippen molar-refractivity contribution in [1.82, 2.24) is 9.88 Å². The topological polar surface area (TPSA) is 36.4 Å². The summed E-state index contributed by atoms with van der Waals surface area (Å²) in [6.07, 6.45) is 2.04. The first-order chi connectivity index (χ1) is 13.5. The van der Waals surface area contributed by atoms with E-state index < -0.39 is 0 Å². The molecule has 4 nitrogen and oxygen atoms in total. The van der Waals surface area contributed by atoms with Crippen molar-refractivity contribution in [1.29, 1.82) is 0 Å². The van der Waals surface area contributed by atoms with Crippen LogP contribution in [0.1, 0.15) is 29.8 Å². The molecule has 29 heavy (non-hydrogen) atoms. The normalized spacial score (nSPS) is 10.9. The third-order valence-electron chi connectivity index (χ3n) is 4.88. The maximum Gasteiger partial charge on any atom is 0.260 e. The zero-order valence-corrected chi connectivity index (χ0v) is 19.8. The van der Waals surface area contributed by atoms with Gasteiger partial charge >= 0.3 is 0 Å². The molecule has 3 aromatic rings. The molecule has 0 saturated heterocycles. The van der Waals surface area contributed by atoms with Crippen molar-refractivity contribution in [2.75, 3.05) is 37.3 Å². The smallest absolute Gasteiger partial charge is 0.260 e. The third kappa shape index (κ3) is 5.72. The molecule has 0 spiro atoms. The SMILES string of the molecule is CCN(CC)CCN(C(=O)c1ccc(SC)cc1)c1nc2ccc(C)cc2s1.Cl. The van der Waals surface area contributed by atoms with E-state index in [4.69, 9.17) is 4.98 Å². The molecule has 156 valence electrons. The van der Waals surface area contributed by atoms with Crippen LogP contribution in [0.2, 0.25) is 0 Å². The average molecular weight is 450 g/mol. The standard InChI is InChI=1S/C22H27N3OS2.ClH/c1-5-24(6-2)13-14-25(21(26)17-8-10-18(27-4)11-9-17)22-23-19-12-7-16(3)15-20(19)28-22;/h7-12,15H,5-6,13-14H2,1-4H3;1H. The zero-order valence-electron chi connectivity index (χ0n) is 17.3.